The number of nitrogens with one attached hydrogen (secondary N) is 1. The maximum Gasteiger partial charge on any atom is 0.0597 e. The second kappa shape index (κ2) is 6.75. The predicted molar refractivity (Wildman–Crippen MR) is 84.7 cm³/mol. The summed E-state index contributed by atoms with van der Waals surface area (Å²) in [5.41, 5.74) is 2.53. The molecule has 0 aliphatic heterocycles. The summed E-state index contributed by atoms with van der Waals surface area (Å²) in [7, 11) is 0. The van der Waals surface area contributed by atoms with Gasteiger partial charge in [-0.3, -0.25) is 4.68 Å². The number of rotatable bonds is 5. The van der Waals surface area contributed by atoms with Crippen LogP contribution in [0, 0.1) is 24.7 Å². The maximum absolute atomic E-state index is 4.64. The van der Waals surface area contributed by atoms with Crippen molar-refractivity contribution in [3.8, 4) is 0 Å². The molecule has 1 aliphatic rings. The molecule has 0 amide bonds. The van der Waals surface area contributed by atoms with Gasteiger partial charge in [-0.05, 0) is 63.5 Å². The molecule has 3 heteroatoms. The maximum atomic E-state index is 4.64. The van der Waals surface area contributed by atoms with Crippen LogP contribution in [0.5, 0.6) is 0 Å². The smallest absolute Gasteiger partial charge is 0.0597 e. The summed E-state index contributed by atoms with van der Waals surface area (Å²) < 4.78 is 2.19. The lowest BCUT2D eigenvalue weighted by Gasteiger charge is -2.37. The first kappa shape index (κ1) is 15.6. The van der Waals surface area contributed by atoms with Crippen LogP contribution < -0.4 is 5.32 Å². The van der Waals surface area contributed by atoms with Gasteiger partial charge in [0.15, 0.2) is 0 Å². The van der Waals surface area contributed by atoms with E-state index >= 15 is 0 Å². The highest BCUT2D eigenvalue weighted by Crippen LogP contribution is 2.39. The van der Waals surface area contributed by atoms with Crippen LogP contribution in [-0.4, -0.2) is 16.3 Å². The van der Waals surface area contributed by atoms with E-state index in [0.717, 1.165) is 36.5 Å². The number of aromatic nitrogens is 2. The van der Waals surface area contributed by atoms with Crippen molar-refractivity contribution in [1.82, 2.24) is 15.1 Å². The molecule has 1 saturated carbocycles. The molecule has 20 heavy (non-hydrogen) atoms. The third-order valence-corrected chi connectivity index (χ3v) is 4.66. The standard InChI is InChI=1S/C17H31N3/c1-6-18-17(15-9-12(3)8-13(4)10-15)16-11-14(5)19-20(16)7-2/h11-13,15,17-18H,6-10H2,1-5H3. The lowest BCUT2D eigenvalue weighted by molar-refractivity contribution is 0.173. The van der Waals surface area contributed by atoms with Crippen LogP contribution in [0.4, 0.5) is 0 Å². The predicted octanol–water partition coefficient (Wildman–Crippen LogP) is 3.93. The first-order valence-electron chi connectivity index (χ1n) is 8.32. The summed E-state index contributed by atoms with van der Waals surface area (Å²) in [5.74, 6) is 2.45. The highest BCUT2D eigenvalue weighted by atomic mass is 15.3. The van der Waals surface area contributed by atoms with Crippen molar-refractivity contribution in [3.63, 3.8) is 0 Å². The first-order chi connectivity index (χ1) is 9.55. The van der Waals surface area contributed by atoms with Gasteiger partial charge in [0.1, 0.15) is 0 Å². The van der Waals surface area contributed by atoms with Crippen molar-refractivity contribution < 1.29 is 0 Å². The number of aryl methyl sites for hydroxylation is 2. The molecule has 0 aromatic carbocycles. The van der Waals surface area contributed by atoms with Gasteiger partial charge in [-0.1, -0.05) is 20.8 Å². The zero-order valence-electron chi connectivity index (χ0n) is 13.8. The van der Waals surface area contributed by atoms with Crippen LogP contribution in [0.15, 0.2) is 6.07 Å². The molecule has 0 radical (unpaired) electrons. The van der Waals surface area contributed by atoms with Crippen molar-refractivity contribution in [2.75, 3.05) is 6.54 Å². The van der Waals surface area contributed by atoms with E-state index in [0.29, 0.717) is 6.04 Å². The third kappa shape index (κ3) is 3.43. The van der Waals surface area contributed by atoms with Crippen molar-refractivity contribution in [3.05, 3.63) is 17.5 Å². The van der Waals surface area contributed by atoms with Crippen LogP contribution in [0.1, 0.15) is 64.4 Å². The second-order valence-corrected chi connectivity index (χ2v) is 6.74. The fourth-order valence-electron chi connectivity index (χ4n) is 4.08. The van der Waals surface area contributed by atoms with Crippen LogP contribution in [-0.2, 0) is 6.54 Å². The summed E-state index contributed by atoms with van der Waals surface area (Å²) in [6, 6.07) is 2.74. The molecule has 1 fully saturated rings. The Labute approximate surface area is 124 Å². The Morgan fingerprint density at radius 3 is 2.45 bits per heavy atom. The molecular formula is C17H31N3. The average Bonchev–Trinajstić information content (AvgIpc) is 2.75. The van der Waals surface area contributed by atoms with Gasteiger partial charge in [0.2, 0.25) is 0 Å². The van der Waals surface area contributed by atoms with Gasteiger partial charge in [-0.2, -0.15) is 5.10 Å². The fraction of sp³-hybridized carbons (Fsp3) is 0.824. The first-order valence-corrected chi connectivity index (χ1v) is 8.32. The van der Waals surface area contributed by atoms with Crippen molar-refractivity contribution in [2.45, 2.75) is 66.5 Å². The van der Waals surface area contributed by atoms with Crippen LogP contribution >= 0.6 is 0 Å². The number of hydrogen-bond acceptors (Lipinski definition) is 2. The van der Waals surface area contributed by atoms with Gasteiger partial charge in [0.05, 0.1) is 17.4 Å². The molecule has 2 rings (SSSR count). The van der Waals surface area contributed by atoms with E-state index in [1.807, 2.05) is 0 Å². The monoisotopic (exact) mass is 277 g/mol. The second-order valence-electron chi connectivity index (χ2n) is 6.74. The summed E-state index contributed by atoms with van der Waals surface area (Å²) >= 11 is 0. The van der Waals surface area contributed by atoms with E-state index in [9.17, 15) is 0 Å². The van der Waals surface area contributed by atoms with Gasteiger partial charge in [-0.15, -0.1) is 0 Å². The minimum Gasteiger partial charge on any atom is -0.309 e. The molecule has 3 unspecified atom stereocenters. The van der Waals surface area contributed by atoms with E-state index in [1.165, 1.54) is 25.0 Å². The van der Waals surface area contributed by atoms with Gasteiger partial charge >= 0.3 is 0 Å². The zero-order chi connectivity index (χ0) is 14.7. The number of hydrogen-bond donors (Lipinski definition) is 1. The Balaban J connectivity index is 2.25. The Hall–Kier alpha value is -0.830. The summed E-state index contributed by atoms with van der Waals surface area (Å²) in [4.78, 5) is 0. The molecule has 3 atom stereocenters. The normalized spacial score (nSPS) is 28.6. The van der Waals surface area contributed by atoms with E-state index in [2.05, 4.69) is 55.8 Å². The molecule has 114 valence electrons. The minimum absolute atomic E-state index is 0.464. The zero-order valence-corrected chi connectivity index (χ0v) is 13.8. The summed E-state index contributed by atoms with van der Waals surface area (Å²) in [6.07, 6.45) is 4.08. The molecule has 0 saturated heterocycles. The summed E-state index contributed by atoms with van der Waals surface area (Å²) in [5, 5.41) is 8.38. The van der Waals surface area contributed by atoms with E-state index in [4.69, 9.17) is 0 Å². The molecule has 1 aromatic heterocycles. The van der Waals surface area contributed by atoms with Gasteiger partial charge in [0, 0.05) is 6.54 Å². The van der Waals surface area contributed by atoms with Crippen molar-refractivity contribution in [2.24, 2.45) is 17.8 Å². The quantitative estimate of drug-likeness (QED) is 0.883. The highest BCUT2D eigenvalue weighted by molar-refractivity contribution is 5.15. The molecule has 1 N–H and O–H groups in total. The average molecular weight is 277 g/mol. The van der Waals surface area contributed by atoms with Crippen LogP contribution in [0.25, 0.3) is 0 Å². The number of nitrogens with zero attached hydrogens (tertiary/aromatic N) is 2. The summed E-state index contributed by atoms with van der Waals surface area (Å²) in [6.45, 7) is 13.3. The lowest BCUT2D eigenvalue weighted by atomic mass is 9.73. The molecular weight excluding hydrogens is 246 g/mol. The van der Waals surface area contributed by atoms with Crippen LogP contribution in [0.3, 0.4) is 0 Å². The molecule has 1 aliphatic carbocycles. The molecule has 1 heterocycles. The Bertz CT molecular complexity index is 414. The van der Waals surface area contributed by atoms with Crippen molar-refractivity contribution >= 4 is 0 Å². The van der Waals surface area contributed by atoms with Gasteiger partial charge in [-0.25, -0.2) is 0 Å². The van der Waals surface area contributed by atoms with Gasteiger partial charge < -0.3 is 5.32 Å². The molecule has 1 aromatic rings. The third-order valence-electron chi connectivity index (χ3n) is 4.66. The van der Waals surface area contributed by atoms with E-state index < -0.39 is 0 Å². The Morgan fingerprint density at radius 2 is 1.90 bits per heavy atom. The SMILES string of the molecule is CCNC(c1cc(C)nn1CC)C1CC(C)CC(C)C1. The lowest BCUT2D eigenvalue weighted by Crippen LogP contribution is -2.34. The molecule has 0 bridgehead atoms. The largest absolute Gasteiger partial charge is 0.309 e. The van der Waals surface area contributed by atoms with E-state index in [-0.39, 0.29) is 0 Å². The van der Waals surface area contributed by atoms with Crippen LogP contribution in [0.2, 0.25) is 0 Å². The Kier molecular flexibility index (Phi) is 5.25. The fourth-order valence-corrected chi connectivity index (χ4v) is 4.08. The van der Waals surface area contributed by atoms with E-state index in [1.54, 1.807) is 0 Å². The Morgan fingerprint density at radius 1 is 1.25 bits per heavy atom. The van der Waals surface area contributed by atoms with Crippen molar-refractivity contribution in [1.29, 1.82) is 0 Å². The minimum atomic E-state index is 0.464. The highest BCUT2D eigenvalue weighted by Gasteiger charge is 2.32. The molecule has 3 nitrogen and oxygen atoms in total. The van der Waals surface area contributed by atoms with Gasteiger partial charge in [0.25, 0.3) is 0 Å². The molecule has 0 spiro atoms. The topological polar surface area (TPSA) is 29.9 Å².